The summed E-state index contributed by atoms with van der Waals surface area (Å²) in [5.74, 6) is 1.05. The zero-order valence-corrected chi connectivity index (χ0v) is 12.3. The van der Waals surface area contributed by atoms with E-state index in [9.17, 15) is 0 Å². The summed E-state index contributed by atoms with van der Waals surface area (Å²) < 4.78 is 5.72. The molecule has 0 unspecified atom stereocenters. The molecule has 0 bridgehead atoms. The molecule has 3 nitrogen and oxygen atoms in total. The van der Waals surface area contributed by atoms with Gasteiger partial charge in [0.2, 0.25) is 5.88 Å². The van der Waals surface area contributed by atoms with E-state index < -0.39 is 0 Å². The number of benzene rings is 1. The molecule has 1 aromatic heterocycles. The molecule has 1 heterocycles. The summed E-state index contributed by atoms with van der Waals surface area (Å²) in [6.07, 6.45) is 0. The Balaban J connectivity index is 2.27. The normalized spacial score (nSPS) is 10.9. The Morgan fingerprint density at radius 2 is 1.70 bits per heavy atom. The number of nitrogens with zero attached hydrogens (tertiary/aromatic N) is 2. The lowest BCUT2D eigenvalue weighted by atomic mass is 9.87. The molecule has 0 aliphatic heterocycles. The molecule has 0 aliphatic rings. The van der Waals surface area contributed by atoms with Gasteiger partial charge in [0.15, 0.2) is 0 Å². The Labute approximate surface area is 119 Å². The number of nitriles is 1. The maximum absolute atomic E-state index is 9.07. The quantitative estimate of drug-likeness (QED) is 0.811. The number of hydrogen-bond donors (Lipinski definition) is 0. The average molecular weight is 266 g/mol. The molecule has 0 fully saturated rings. The minimum Gasteiger partial charge on any atom is -0.438 e. The smallest absolute Gasteiger partial charge is 0.237 e. The number of ether oxygens (including phenoxy) is 1. The summed E-state index contributed by atoms with van der Waals surface area (Å²) in [5.41, 5.74) is 2.61. The van der Waals surface area contributed by atoms with Gasteiger partial charge in [-0.15, -0.1) is 0 Å². The van der Waals surface area contributed by atoms with E-state index in [1.807, 2.05) is 31.2 Å². The molecule has 2 rings (SSSR count). The van der Waals surface area contributed by atoms with Gasteiger partial charge >= 0.3 is 0 Å². The second kappa shape index (κ2) is 5.34. The third-order valence-electron chi connectivity index (χ3n) is 3.05. The summed E-state index contributed by atoms with van der Waals surface area (Å²) in [6, 6.07) is 13.5. The van der Waals surface area contributed by atoms with Crippen LogP contribution in [0.15, 0.2) is 36.4 Å². The predicted molar refractivity (Wildman–Crippen MR) is 78.9 cm³/mol. The average Bonchev–Trinajstić information content (AvgIpc) is 2.38. The van der Waals surface area contributed by atoms with E-state index in [1.165, 1.54) is 5.56 Å². The van der Waals surface area contributed by atoms with Crippen LogP contribution in [-0.4, -0.2) is 4.98 Å². The SMILES string of the molecule is Cc1ccc(C#N)c(Oc2ccc(C(C)(C)C)cc2)n1. The fourth-order valence-corrected chi connectivity index (χ4v) is 1.83. The molecule has 3 heteroatoms. The number of aryl methyl sites for hydroxylation is 1. The van der Waals surface area contributed by atoms with Crippen molar-refractivity contribution in [3.8, 4) is 17.7 Å². The lowest BCUT2D eigenvalue weighted by Gasteiger charge is -2.19. The Bertz CT molecular complexity index is 646. The summed E-state index contributed by atoms with van der Waals surface area (Å²) in [4.78, 5) is 4.27. The van der Waals surface area contributed by atoms with Crippen LogP contribution in [0.2, 0.25) is 0 Å². The lowest BCUT2D eigenvalue weighted by molar-refractivity contribution is 0.459. The fourth-order valence-electron chi connectivity index (χ4n) is 1.83. The van der Waals surface area contributed by atoms with Crippen molar-refractivity contribution in [2.75, 3.05) is 0 Å². The van der Waals surface area contributed by atoms with Crippen LogP contribution < -0.4 is 4.74 Å². The topological polar surface area (TPSA) is 45.9 Å². The molecule has 20 heavy (non-hydrogen) atoms. The highest BCUT2D eigenvalue weighted by Gasteiger charge is 2.13. The van der Waals surface area contributed by atoms with Crippen LogP contribution in [0.1, 0.15) is 37.6 Å². The van der Waals surface area contributed by atoms with Gasteiger partial charge in [0, 0.05) is 5.69 Å². The van der Waals surface area contributed by atoms with Crippen molar-refractivity contribution in [1.82, 2.24) is 4.98 Å². The fraction of sp³-hybridized carbons (Fsp3) is 0.294. The molecule has 2 aromatic rings. The van der Waals surface area contributed by atoms with E-state index in [-0.39, 0.29) is 5.41 Å². The van der Waals surface area contributed by atoms with Gasteiger partial charge in [-0.3, -0.25) is 0 Å². The van der Waals surface area contributed by atoms with Gasteiger partial charge in [-0.2, -0.15) is 5.26 Å². The Morgan fingerprint density at radius 1 is 1.05 bits per heavy atom. The zero-order valence-electron chi connectivity index (χ0n) is 12.3. The van der Waals surface area contributed by atoms with Gasteiger partial charge in [-0.25, -0.2) is 4.98 Å². The van der Waals surface area contributed by atoms with Crippen molar-refractivity contribution < 1.29 is 4.74 Å². The van der Waals surface area contributed by atoms with Crippen LogP contribution in [0.4, 0.5) is 0 Å². The molecular weight excluding hydrogens is 248 g/mol. The molecular formula is C17H18N2O. The first-order valence-corrected chi connectivity index (χ1v) is 6.56. The molecule has 0 saturated carbocycles. The second-order valence-corrected chi connectivity index (χ2v) is 5.79. The van der Waals surface area contributed by atoms with Gasteiger partial charge in [0.1, 0.15) is 17.4 Å². The molecule has 0 aliphatic carbocycles. The monoisotopic (exact) mass is 266 g/mol. The van der Waals surface area contributed by atoms with E-state index in [4.69, 9.17) is 10.00 Å². The van der Waals surface area contributed by atoms with Crippen molar-refractivity contribution in [1.29, 1.82) is 5.26 Å². The molecule has 0 spiro atoms. The maximum Gasteiger partial charge on any atom is 0.237 e. The molecule has 0 atom stereocenters. The van der Waals surface area contributed by atoms with E-state index in [0.29, 0.717) is 17.2 Å². The number of aromatic nitrogens is 1. The van der Waals surface area contributed by atoms with Gasteiger partial charge in [0.05, 0.1) is 0 Å². The van der Waals surface area contributed by atoms with Gasteiger partial charge in [-0.05, 0) is 42.2 Å². The standard InChI is InChI=1S/C17H18N2O/c1-12-5-6-13(11-18)16(19-12)20-15-9-7-14(8-10-15)17(2,3)4/h5-10H,1-4H3. The molecule has 102 valence electrons. The van der Waals surface area contributed by atoms with Crippen LogP contribution in [0, 0.1) is 18.3 Å². The summed E-state index contributed by atoms with van der Waals surface area (Å²) in [5, 5.41) is 9.07. The van der Waals surface area contributed by atoms with E-state index >= 15 is 0 Å². The zero-order chi connectivity index (χ0) is 14.8. The van der Waals surface area contributed by atoms with E-state index in [2.05, 4.69) is 31.8 Å². The summed E-state index contributed by atoms with van der Waals surface area (Å²) in [7, 11) is 0. The minimum atomic E-state index is 0.109. The van der Waals surface area contributed by atoms with E-state index in [1.54, 1.807) is 12.1 Å². The van der Waals surface area contributed by atoms with Crippen molar-refractivity contribution in [3.63, 3.8) is 0 Å². The Morgan fingerprint density at radius 3 is 2.25 bits per heavy atom. The van der Waals surface area contributed by atoms with Crippen molar-refractivity contribution in [2.24, 2.45) is 0 Å². The predicted octanol–water partition coefficient (Wildman–Crippen LogP) is 4.35. The first kappa shape index (κ1) is 14.1. The van der Waals surface area contributed by atoms with Crippen LogP contribution >= 0.6 is 0 Å². The van der Waals surface area contributed by atoms with Crippen LogP contribution in [0.5, 0.6) is 11.6 Å². The van der Waals surface area contributed by atoms with Crippen molar-refractivity contribution in [3.05, 3.63) is 53.2 Å². The van der Waals surface area contributed by atoms with Crippen LogP contribution in [0.25, 0.3) is 0 Å². The lowest BCUT2D eigenvalue weighted by Crippen LogP contribution is -2.10. The molecule has 0 amide bonds. The van der Waals surface area contributed by atoms with E-state index in [0.717, 1.165) is 5.69 Å². The largest absolute Gasteiger partial charge is 0.438 e. The molecule has 0 saturated heterocycles. The number of hydrogen-bond acceptors (Lipinski definition) is 3. The van der Waals surface area contributed by atoms with Gasteiger partial charge in [-0.1, -0.05) is 32.9 Å². The third-order valence-corrected chi connectivity index (χ3v) is 3.05. The number of rotatable bonds is 2. The summed E-state index contributed by atoms with van der Waals surface area (Å²) in [6.45, 7) is 8.37. The first-order chi connectivity index (χ1) is 9.40. The molecule has 0 radical (unpaired) electrons. The first-order valence-electron chi connectivity index (χ1n) is 6.56. The Kier molecular flexibility index (Phi) is 3.76. The Hall–Kier alpha value is -2.34. The van der Waals surface area contributed by atoms with Gasteiger partial charge < -0.3 is 4.74 Å². The highest BCUT2D eigenvalue weighted by molar-refractivity contribution is 5.42. The van der Waals surface area contributed by atoms with Gasteiger partial charge in [0.25, 0.3) is 0 Å². The van der Waals surface area contributed by atoms with Crippen LogP contribution in [0.3, 0.4) is 0 Å². The number of pyridine rings is 1. The highest BCUT2D eigenvalue weighted by atomic mass is 16.5. The maximum atomic E-state index is 9.07. The third kappa shape index (κ3) is 3.16. The van der Waals surface area contributed by atoms with Crippen molar-refractivity contribution >= 4 is 0 Å². The van der Waals surface area contributed by atoms with Crippen LogP contribution in [-0.2, 0) is 5.41 Å². The molecule has 1 aromatic carbocycles. The minimum absolute atomic E-state index is 0.109. The second-order valence-electron chi connectivity index (χ2n) is 5.79. The highest BCUT2D eigenvalue weighted by Crippen LogP contribution is 2.27. The van der Waals surface area contributed by atoms with Crippen molar-refractivity contribution in [2.45, 2.75) is 33.1 Å². The molecule has 0 N–H and O–H groups in total. The summed E-state index contributed by atoms with van der Waals surface area (Å²) >= 11 is 0.